The summed E-state index contributed by atoms with van der Waals surface area (Å²) in [6.45, 7) is 6.09. The van der Waals surface area contributed by atoms with Gasteiger partial charge >= 0.3 is 0 Å². The van der Waals surface area contributed by atoms with Crippen LogP contribution in [0.5, 0.6) is 0 Å². The second kappa shape index (κ2) is 7.78. The van der Waals surface area contributed by atoms with Crippen molar-refractivity contribution in [1.29, 1.82) is 0 Å². The van der Waals surface area contributed by atoms with Gasteiger partial charge in [0.05, 0.1) is 5.69 Å². The first-order valence-corrected chi connectivity index (χ1v) is 10.4. The summed E-state index contributed by atoms with van der Waals surface area (Å²) in [6, 6.07) is 9.86. The number of rotatable bonds is 4. The highest BCUT2D eigenvalue weighted by Crippen LogP contribution is 2.29. The second-order valence-corrected chi connectivity index (χ2v) is 7.98. The highest BCUT2D eigenvalue weighted by atomic mass is 15.4. The van der Waals surface area contributed by atoms with Gasteiger partial charge in [-0.15, -0.1) is 10.2 Å². The lowest BCUT2D eigenvalue weighted by Gasteiger charge is -2.32. The number of anilines is 1. The molecule has 152 valence electrons. The predicted octanol–water partition coefficient (Wildman–Crippen LogP) is 3.48. The zero-order valence-electron chi connectivity index (χ0n) is 17.2. The van der Waals surface area contributed by atoms with Crippen LogP contribution in [0.4, 0.5) is 5.82 Å². The number of piperidine rings is 1. The maximum atomic E-state index is 4.81. The molecule has 4 aromatic rings. The van der Waals surface area contributed by atoms with Crippen molar-refractivity contribution in [2.45, 2.75) is 38.5 Å². The van der Waals surface area contributed by atoms with Gasteiger partial charge in [0, 0.05) is 49.1 Å². The lowest BCUT2D eigenvalue weighted by atomic mass is 9.96. The summed E-state index contributed by atoms with van der Waals surface area (Å²) in [5, 5.41) is 13.6. The molecule has 5 rings (SSSR count). The molecule has 0 unspecified atom stereocenters. The summed E-state index contributed by atoms with van der Waals surface area (Å²) in [4.78, 5) is 15.7. The zero-order valence-corrected chi connectivity index (χ0v) is 17.2. The smallest absolute Gasteiger partial charge is 0.177 e. The van der Waals surface area contributed by atoms with Crippen LogP contribution >= 0.6 is 0 Å². The van der Waals surface area contributed by atoms with Crippen LogP contribution in [0.1, 0.15) is 50.2 Å². The van der Waals surface area contributed by atoms with Gasteiger partial charge in [-0.3, -0.25) is 4.98 Å². The molecule has 0 saturated carbocycles. The van der Waals surface area contributed by atoms with Crippen LogP contribution in [0.2, 0.25) is 0 Å². The molecule has 1 aliphatic heterocycles. The summed E-state index contributed by atoms with van der Waals surface area (Å²) in [5.74, 6) is 3.48. The fourth-order valence-electron chi connectivity index (χ4n) is 3.91. The molecular weight excluding hydrogens is 376 g/mol. The molecule has 4 aromatic heterocycles. The standard InChI is InChI=1S/C22H24N8/c1-15(2)21-24-11-7-19(25-21)29-12-8-16(9-13-29)22-27-26-20-6-5-18(28-30(20)22)17-4-3-10-23-14-17/h3-7,10-11,14-16H,8-9,12-13H2,1-2H3. The van der Waals surface area contributed by atoms with E-state index in [-0.39, 0.29) is 0 Å². The van der Waals surface area contributed by atoms with E-state index in [0.717, 1.165) is 60.3 Å². The molecule has 0 aliphatic carbocycles. The van der Waals surface area contributed by atoms with E-state index in [1.807, 2.05) is 47.2 Å². The Morgan fingerprint density at radius 1 is 1.00 bits per heavy atom. The molecule has 0 amide bonds. The molecule has 0 aromatic carbocycles. The minimum absolute atomic E-state index is 0.319. The summed E-state index contributed by atoms with van der Waals surface area (Å²) >= 11 is 0. The Labute approximate surface area is 175 Å². The molecule has 0 N–H and O–H groups in total. The number of hydrogen-bond acceptors (Lipinski definition) is 7. The molecule has 0 bridgehead atoms. The normalized spacial score (nSPS) is 15.2. The van der Waals surface area contributed by atoms with Gasteiger partial charge in [0.2, 0.25) is 0 Å². The van der Waals surface area contributed by atoms with Gasteiger partial charge in [0.1, 0.15) is 11.6 Å². The van der Waals surface area contributed by atoms with Crippen molar-refractivity contribution >= 4 is 11.5 Å². The summed E-state index contributed by atoms with van der Waals surface area (Å²) in [7, 11) is 0. The Morgan fingerprint density at radius 3 is 2.63 bits per heavy atom. The quantitative estimate of drug-likeness (QED) is 0.518. The van der Waals surface area contributed by atoms with Crippen LogP contribution in [-0.4, -0.2) is 47.9 Å². The molecule has 8 heteroatoms. The summed E-state index contributed by atoms with van der Waals surface area (Å²) in [5.41, 5.74) is 2.63. The number of pyridine rings is 1. The van der Waals surface area contributed by atoms with E-state index in [1.54, 1.807) is 6.20 Å². The van der Waals surface area contributed by atoms with E-state index in [4.69, 9.17) is 10.1 Å². The van der Waals surface area contributed by atoms with Gasteiger partial charge in [-0.25, -0.2) is 9.97 Å². The van der Waals surface area contributed by atoms with Crippen molar-refractivity contribution in [2.75, 3.05) is 18.0 Å². The van der Waals surface area contributed by atoms with E-state index in [0.29, 0.717) is 11.8 Å². The van der Waals surface area contributed by atoms with E-state index in [1.165, 1.54) is 0 Å². The number of aromatic nitrogens is 7. The van der Waals surface area contributed by atoms with E-state index in [2.05, 4.69) is 38.9 Å². The topological polar surface area (TPSA) is 85.0 Å². The van der Waals surface area contributed by atoms with E-state index < -0.39 is 0 Å². The number of fused-ring (bicyclic) bond motifs is 1. The van der Waals surface area contributed by atoms with Crippen LogP contribution in [-0.2, 0) is 0 Å². The van der Waals surface area contributed by atoms with Gasteiger partial charge in [-0.2, -0.15) is 9.61 Å². The van der Waals surface area contributed by atoms with Crippen LogP contribution < -0.4 is 4.90 Å². The van der Waals surface area contributed by atoms with Crippen LogP contribution in [0.25, 0.3) is 16.9 Å². The average Bonchev–Trinajstić information content (AvgIpc) is 3.23. The summed E-state index contributed by atoms with van der Waals surface area (Å²) < 4.78 is 1.89. The zero-order chi connectivity index (χ0) is 20.5. The Morgan fingerprint density at radius 2 is 1.87 bits per heavy atom. The molecule has 0 atom stereocenters. The lowest BCUT2D eigenvalue weighted by molar-refractivity contribution is 0.474. The Hall–Kier alpha value is -3.42. The molecule has 30 heavy (non-hydrogen) atoms. The van der Waals surface area contributed by atoms with E-state index in [9.17, 15) is 0 Å². The third-order valence-corrected chi connectivity index (χ3v) is 5.60. The molecular formula is C22H24N8. The first-order valence-electron chi connectivity index (χ1n) is 10.4. The second-order valence-electron chi connectivity index (χ2n) is 7.98. The highest BCUT2D eigenvalue weighted by molar-refractivity contribution is 5.58. The molecule has 5 heterocycles. The minimum Gasteiger partial charge on any atom is -0.356 e. The van der Waals surface area contributed by atoms with E-state index >= 15 is 0 Å². The first kappa shape index (κ1) is 18.6. The Balaban J connectivity index is 1.37. The van der Waals surface area contributed by atoms with Crippen LogP contribution in [0.3, 0.4) is 0 Å². The Bertz CT molecular complexity index is 1150. The monoisotopic (exact) mass is 400 g/mol. The fourth-order valence-corrected chi connectivity index (χ4v) is 3.91. The van der Waals surface area contributed by atoms with Crippen molar-refractivity contribution in [3.63, 3.8) is 0 Å². The van der Waals surface area contributed by atoms with Crippen molar-refractivity contribution in [3.05, 3.63) is 60.6 Å². The Kier molecular flexibility index (Phi) is 4.82. The van der Waals surface area contributed by atoms with Crippen molar-refractivity contribution in [1.82, 2.24) is 34.8 Å². The SMILES string of the molecule is CC(C)c1nccc(N2CCC(c3nnc4ccc(-c5cccnc5)nn34)CC2)n1. The largest absolute Gasteiger partial charge is 0.356 e. The van der Waals surface area contributed by atoms with Gasteiger partial charge in [-0.1, -0.05) is 13.8 Å². The van der Waals surface area contributed by atoms with Crippen LogP contribution in [0.15, 0.2) is 48.9 Å². The van der Waals surface area contributed by atoms with Crippen molar-refractivity contribution in [3.8, 4) is 11.3 Å². The number of hydrogen-bond donors (Lipinski definition) is 0. The van der Waals surface area contributed by atoms with Crippen LogP contribution in [0, 0.1) is 0 Å². The summed E-state index contributed by atoms with van der Waals surface area (Å²) in [6.07, 6.45) is 7.42. The van der Waals surface area contributed by atoms with Gasteiger partial charge in [0.15, 0.2) is 11.5 Å². The average molecular weight is 400 g/mol. The first-order chi connectivity index (χ1) is 14.7. The maximum Gasteiger partial charge on any atom is 0.177 e. The fraction of sp³-hybridized carbons (Fsp3) is 0.364. The number of nitrogens with zero attached hydrogens (tertiary/aromatic N) is 8. The third kappa shape index (κ3) is 3.49. The minimum atomic E-state index is 0.319. The molecule has 1 saturated heterocycles. The maximum absolute atomic E-state index is 4.81. The van der Waals surface area contributed by atoms with Crippen molar-refractivity contribution < 1.29 is 0 Å². The molecule has 0 radical (unpaired) electrons. The predicted molar refractivity (Wildman–Crippen MR) is 114 cm³/mol. The van der Waals surface area contributed by atoms with Gasteiger partial charge < -0.3 is 4.90 Å². The molecule has 1 fully saturated rings. The van der Waals surface area contributed by atoms with Crippen molar-refractivity contribution in [2.24, 2.45) is 0 Å². The molecule has 1 aliphatic rings. The molecule has 0 spiro atoms. The molecule has 8 nitrogen and oxygen atoms in total. The highest BCUT2D eigenvalue weighted by Gasteiger charge is 2.26. The lowest BCUT2D eigenvalue weighted by Crippen LogP contribution is -2.34. The van der Waals surface area contributed by atoms with Gasteiger partial charge in [-0.05, 0) is 43.2 Å². The third-order valence-electron chi connectivity index (χ3n) is 5.60. The van der Waals surface area contributed by atoms with Gasteiger partial charge in [0.25, 0.3) is 0 Å².